The van der Waals surface area contributed by atoms with Gasteiger partial charge in [0.1, 0.15) is 5.00 Å². The van der Waals surface area contributed by atoms with E-state index in [9.17, 15) is 8.42 Å². The fourth-order valence-corrected chi connectivity index (χ4v) is 3.31. The van der Waals surface area contributed by atoms with Crippen molar-refractivity contribution in [3.8, 4) is 0 Å². The Bertz CT molecular complexity index is 634. The zero-order valence-electron chi connectivity index (χ0n) is 9.62. The van der Waals surface area contributed by atoms with Crippen molar-refractivity contribution in [2.45, 2.75) is 18.2 Å². The number of nitrogens with two attached hydrogens (primary N) is 1. The summed E-state index contributed by atoms with van der Waals surface area (Å²) in [7, 11) is -3.61. The zero-order chi connectivity index (χ0) is 13.2. The summed E-state index contributed by atoms with van der Waals surface area (Å²) in [5.74, 6) is 0. The van der Waals surface area contributed by atoms with E-state index in [1.54, 1.807) is 12.1 Å². The van der Waals surface area contributed by atoms with Gasteiger partial charge in [-0.25, -0.2) is 8.42 Å². The van der Waals surface area contributed by atoms with Gasteiger partial charge in [-0.05, 0) is 30.7 Å². The van der Waals surface area contributed by atoms with Crippen molar-refractivity contribution in [2.24, 2.45) is 0 Å². The van der Waals surface area contributed by atoms with Crippen LogP contribution in [0.2, 0.25) is 0 Å². The summed E-state index contributed by atoms with van der Waals surface area (Å²) in [6.45, 7) is 1.89. The highest BCUT2D eigenvalue weighted by Gasteiger charge is 2.17. The highest BCUT2D eigenvalue weighted by atomic mass is 32.2. The van der Waals surface area contributed by atoms with Gasteiger partial charge in [0.05, 0.1) is 10.6 Å². The van der Waals surface area contributed by atoms with Gasteiger partial charge in [-0.3, -0.25) is 4.72 Å². The third kappa shape index (κ3) is 2.59. The third-order valence-corrected chi connectivity index (χ3v) is 4.49. The van der Waals surface area contributed by atoms with Crippen LogP contribution in [0.25, 0.3) is 0 Å². The highest BCUT2D eigenvalue weighted by Crippen LogP contribution is 2.22. The molecule has 0 saturated carbocycles. The van der Waals surface area contributed by atoms with Crippen molar-refractivity contribution in [2.75, 3.05) is 10.5 Å². The second kappa shape index (κ2) is 4.91. The van der Waals surface area contributed by atoms with E-state index in [-0.39, 0.29) is 4.90 Å². The SMILES string of the molecule is CCc1nnsc1NS(=O)(=O)c1ccc(N)cc1. The minimum absolute atomic E-state index is 0.159. The van der Waals surface area contributed by atoms with Crippen LogP contribution in [0, 0.1) is 0 Å². The van der Waals surface area contributed by atoms with Gasteiger partial charge in [-0.15, -0.1) is 5.10 Å². The zero-order valence-corrected chi connectivity index (χ0v) is 11.3. The van der Waals surface area contributed by atoms with Crippen molar-refractivity contribution in [3.63, 3.8) is 0 Å². The van der Waals surface area contributed by atoms with Crippen LogP contribution in [0.1, 0.15) is 12.6 Å². The minimum atomic E-state index is -3.61. The van der Waals surface area contributed by atoms with Crippen molar-refractivity contribution in [1.29, 1.82) is 0 Å². The monoisotopic (exact) mass is 284 g/mol. The maximum atomic E-state index is 12.1. The van der Waals surface area contributed by atoms with E-state index >= 15 is 0 Å². The minimum Gasteiger partial charge on any atom is -0.399 e. The number of nitrogen functional groups attached to an aromatic ring is 1. The van der Waals surface area contributed by atoms with Gasteiger partial charge >= 0.3 is 0 Å². The lowest BCUT2D eigenvalue weighted by Crippen LogP contribution is -2.13. The van der Waals surface area contributed by atoms with Gasteiger partial charge in [0.25, 0.3) is 10.0 Å². The first kappa shape index (κ1) is 12.8. The quantitative estimate of drug-likeness (QED) is 0.829. The molecule has 0 bridgehead atoms. The van der Waals surface area contributed by atoms with Gasteiger partial charge in [-0.1, -0.05) is 11.4 Å². The van der Waals surface area contributed by atoms with E-state index in [2.05, 4.69) is 14.3 Å². The average molecular weight is 284 g/mol. The molecule has 6 nitrogen and oxygen atoms in total. The Morgan fingerprint density at radius 2 is 2.00 bits per heavy atom. The molecule has 0 spiro atoms. The molecule has 0 saturated heterocycles. The Hall–Kier alpha value is -1.67. The summed E-state index contributed by atoms with van der Waals surface area (Å²) in [5, 5.41) is 4.30. The predicted octanol–water partition coefficient (Wildman–Crippen LogP) is 1.48. The average Bonchev–Trinajstić information content (AvgIpc) is 2.76. The number of hydrogen-bond acceptors (Lipinski definition) is 6. The molecule has 1 aromatic heterocycles. The largest absolute Gasteiger partial charge is 0.399 e. The fraction of sp³-hybridized carbons (Fsp3) is 0.200. The molecule has 1 aromatic carbocycles. The summed E-state index contributed by atoms with van der Waals surface area (Å²) in [6.07, 6.45) is 0.621. The Kier molecular flexibility index (Phi) is 3.48. The van der Waals surface area contributed by atoms with E-state index in [0.29, 0.717) is 22.8 Å². The fourth-order valence-electron chi connectivity index (χ4n) is 1.35. The molecule has 2 aromatic rings. The number of anilines is 2. The number of nitrogens with one attached hydrogen (secondary N) is 1. The Morgan fingerprint density at radius 1 is 1.33 bits per heavy atom. The molecule has 0 unspecified atom stereocenters. The molecular formula is C10H12N4O2S2. The molecule has 96 valence electrons. The first-order chi connectivity index (χ1) is 8.53. The molecule has 18 heavy (non-hydrogen) atoms. The molecule has 2 rings (SSSR count). The van der Waals surface area contributed by atoms with E-state index in [0.717, 1.165) is 11.5 Å². The van der Waals surface area contributed by atoms with Gasteiger partial charge < -0.3 is 5.73 Å². The molecule has 0 aliphatic rings. The van der Waals surface area contributed by atoms with Crippen LogP contribution in [0.15, 0.2) is 29.2 Å². The standard InChI is InChI=1S/C10H12N4O2S2/c1-2-9-10(17-14-12-9)13-18(15,16)8-5-3-7(11)4-6-8/h3-6,13H,2,11H2,1H3. The smallest absolute Gasteiger partial charge is 0.262 e. The van der Waals surface area contributed by atoms with Gasteiger partial charge in [0, 0.05) is 17.2 Å². The van der Waals surface area contributed by atoms with E-state index in [4.69, 9.17) is 5.73 Å². The maximum Gasteiger partial charge on any atom is 0.262 e. The lowest BCUT2D eigenvalue weighted by molar-refractivity contribution is 0.601. The molecule has 0 atom stereocenters. The highest BCUT2D eigenvalue weighted by molar-refractivity contribution is 7.93. The number of benzene rings is 1. The first-order valence-corrected chi connectivity index (χ1v) is 7.48. The van der Waals surface area contributed by atoms with Crippen molar-refractivity contribution >= 4 is 32.2 Å². The van der Waals surface area contributed by atoms with Crippen molar-refractivity contribution in [3.05, 3.63) is 30.0 Å². The topological polar surface area (TPSA) is 98.0 Å². The number of sulfonamides is 1. The predicted molar refractivity (Wildman–Crippen MR) is 70.9 cm³/mol. The lowest BCUT2D eigenvalue weighted by Gasteiger charge is -2.06. The molecule has 8 heteroatoms. The first-order valence-electron chi connectivity index (χ1n) is 5.22. The number of hydrogen-bond donors (Lipinski definition) is 2. The summed E-state index contributed by atoms with van der Waals surface area (Å²) >= 11 is 1.02. The van der Waals surface area contributed by atoms with E-state index < -0.39 is 10.0 Å². The maximum absolute atomic E-state index is 12.1. The normalized spacial score (nSPS) is 11.4. The lowest BCUT2D eigenvalue weighted by atomic mass is 10.3. The molecule has 1 heterocycles. The summed E-state index contributed by atoms with van der Waals surface area (Å²) in [4.78, 5) is 0.159. The Morgan fingerprint density at radius 3 is 2.61 bits per heavy atom. The molecule has 0 radical (unpaired) electrons. The second-order valence-corrected chi connectivity index (χ2v) is 6.01. The third-order valence-electron chi connectivity index (χ3n) is 2.31. The molecule has 0 aliphatic carbocycles. The van der Waals surface area contributed by atoms with E-state index in [1.165, 1.54) is 12.1 Å². The Labute approximate surface area is 109 Å². The van der Waals surface area contributed by atoms with Crippen LogP contribution >= 0.6 is 11.5 Å². The Balaban J connectivity index is 2.30. The van der Waals surface area contributed by atoms with Gasteiger partial charge in [0.15, 0.2) is 0 Å². The molecule has 0 fully saturated rings. The van der Waals surface area contributed by atoms with Crippen LogP contribution in [0.5, 0.6) is 0 Å². The number of nitrogens with zero attached hydrogens (tertiary/aromatic N) is 2. The van der Waals surface area contributed by atoms with Crippen LogP contribution in [0.3, 0.4) is 0 Å². The van der Waals surface area contributed by atoms with Crippen molar-refractivity contribution in [1.82, 2.24) is 9.59 Å². The van der Waals surface area contributed by atoms with Crippen LogP contribution in [-0.4, -0.2) is 18.0 Å². The van der Waals surface area contributed by atoms with Crippen LogP contribution in [-0.2, 0) is 16.4 Å². The summed E-state index contributed by atoms with van der Waals surface area (Å²) in [5.41, 5.74) is 6.67. The van der Waals surface area contributed by atoms with Gasteiger partial charge in [0.2, 0.25) is 0 Å². The van der Waals surface area contributed by atoms with Crippen LogP contribution < -0.4 is 10.5 Å². The van der Waals surface area contributed by atoms with E-state index in [1.807, 2.05) is 6.92 Å². The van der Waals surface area contributed by atoms with Gasteiger partial charge in [-0.2, -0.15) is 0 Å². The second-order valence-electron chi connectivity index (χ2n) is 3.58. The molecular weight excluding hydrogens is 272 g/mol. The summed E-state index contributed by atoms with van der Waals surface area (Å²) < 4.78 is 30.4. The number of aryl methyl sites for hydroxylation is 1. The summed E-state index contributed by atoms with van der Waals surface area (Å²) in [6, 6.07) is 6.00. The molecule has 0 amide bonds. The van der Waals surface area contributed by atoms with Crippen molar-refractivity contribution < 1.29 is 8.42 Å². The molecule has 3 N–H and O–H groups in total. The number of aromatic nitrogens is 2. The number of rotatable bonds is 4. The van der Waals surface area contributed by atoms with Crippen LogP contribution in [0.4, 0.5) is 10.7 Å². The molecule has 0 aliphatic heterocycles.